The van der Waals surface area contributed by atoms with E-state index < -0.39 is 0 Å². The maximum absolute atomic E-state index is 12.3. The van der Waals surface area contributed by atoms with Gasteiger partial charge in [-0.25, -0.2) is 0 Å². The molecule has 0 aliphatic carbocycles. The number of amides is 1. The van der Waals surface area contributed by atoms with Crippen LogP contribution in [0.5, 0.6) is 0 Å². The van der Waals surface area contributed by atoms with Crippen molar-refractivity contribution in [3.05, 3.63) is 35.4 Å². The van der Waals surface area contributed by atoms with Gasteiger partial charge in [-0.1, -0.05) is 24.3 Å². The standard InChI is InChI=1S/C18H25NO3/c1-19(18(20)9-8-15-6-4-11-21-15)13-17-16-7-3-2-5-14(16)10-12-22-17/h2-3,5,7,15,17H,4,6,8-13H2,1H3/t15-,17-/m1/s1. The topological polar surface area (TPSA) is 38.8 Å². The zero-order valence-electron chi connectivity index (χ0n) is 13.3. The number of ether oxygens (including phenoxy) is 2. The Morgan fingerprint density at radius 3 is 2.95 bits per heavy atom. The highest BCUT2D eigenvalue weighted by Gasteiger charge is 2.24. The van der Waals surface area contributed by atoms with Crippen molar-refractivity contribution in [1.29, 1.82) is 0 Å². The van der Waals surface area contributed by atoms with E-state index in [1.165, 1.54) is 11.1 Å². The third kappa shape index (κ3) is 3.68. The summed E-state index contributed by atoms with van der Waals surface area (Å²) in [6.45, 7) is 2.21. The molecular weight excluding hydrogens is 278 g/mol. The van der Waals surface area contributed by atoms with Crippen molar-refractivity contribution >= 4 is 5.91 Å². The van der Waals surface area contributed by atoms with Crippen LogP contribution >= 0.6 is 0 Å². The van der Waals surface area contributed by atoms with Gasteiger partial charge in [0.2, 0.25) is 5.91 Å². The maximum Gasteiger partial charge on any atom is 0.222 e. The predicted molar refractivity (Wildman–Crippen MR) is 84.7 cm³/mol. The molecule has 0 radical (unpaired) electrons. The molecule has 1 aromatic rings. The normalized spacial score (nSPS) is 24.0. The minimum atomic E-state index is 0.00151. The highest BCUT2D eigenvalue weighted by molar-refractivity contribution is 5.75. The van der Waals surface area contributed by atoms with E-state index in [0.29, 0.717) is 13.0 Å². The summed E-state index contributed by atoms with van der Waals surface area (Å²) in [5.41, 5.74) is 2.58. The summed E-state index contributed by atoms with van der Waals surface area (Å²) in [6, 6.07) is 8.38. The number of nitrogens with zero attached hydrogens (tertiary/aromatic N) is 1. The predicted octanol–water partition coefficient (Wildman–Crippen LogP) is 2.72. The van der Waals surface area contributed by atoms with E-state index in [4.69, 9.17) is 9.47 Å². The molecule has 3 rings (SSSR count). The fourth-order valence-electron chi connectivity index (χ4n) is 3.33. The van der Waals surface area contributed by atoms with E-state index in [9.17, 15) is 4.79 Å². The summed E-state index contributed by atoms with van der Waals surface area (Å²) in [7, 11) is 1.87. The number of carbonyl (C=O) groups excluding carboxylic acids is 1. The van der Waals surface area contributed by atoms with E-state index in [-0.39, 0.29) is 18.1 Å². The molecule has 22 heavy (non-hydrogen) atoms. The van der Waals surface area contributed by atoms with Gasteiger partial charge >= 0.3 is 0 Å². The molecule has 2 aliphatic rings. The molecule has 1 amide bonds. The summed E-state index contributed by atoms with van der Waals surface area (Å²) in [5, 5.41) is 0. The fraction of sp³-hybridized carbons (Fsp3) is 0.611. The number of rotatable bonds is 5. The first-order valence-electron chi connectivity index (χ1n) is 8.29. The Morgan fingerprint density at radius 1 is 1.27 bits per heavy atom. The lowest BCUT2D eigenvalue weighted by atomic mass is 9.97. The van der Waals surface area contributed by atoms with E-state index >= 15 is 0 Å². The number of hydrogen-bond acceptors (Lipinski definition) is 3. The molecule has 2 atom stereocenters. The summed E-state index contributed by atoms with van der Waals surface area (Å²) in [4.78, 5) is 14.1. The molecule has 0 unspecified atom stereocenters. The SMILES string of the molecule is CN(C[C@H]1OCCc2ccccc21)C(=O)CC[C@H]1CCCO1. The van der Waals surface area contributed by atoms with Crippen molar-refractivity contribution in [3.63, 3.8) is 0 Å². The molecule has 4 nitrogen and oxygen atoms in total. The molecule has 0 spiro atoms. The van der Waals surface area contributed by atoms with E-state index in [1.54, 1.807) is 0 Å². The largest absolute Gasteiger partial charge is 0.378 e. The minimum absolute atomic E-state index is 0.00151. The third-order valence-electron chi connectivity index (χ3n) is 4.66. The van der Waals surface area contributed by atoms with Crippen LogP contribution in [-0.2, 0) is 20.7 Å². The first kappa shape index (κ1) is 15.5. The lowest BCUT2D eigenvalue weighted by Gasteiger charge is -2.30. The van der Waals surface area contributed by atoms with Gasteiger partial charge in [0.1, 0.15) is 6.10 Å². The van der Waals surface area contributed by atoms with Crippen LogP contribution in [0.1, 0.15) is 42.9 Å². The first-order chi connectivity index (χ1) is 10.7. The van der Waals surface area contributed by atoms with Crippen LogP contribution < -0.4 is 0 Å². The summed E-state index contributed by atoms with van der Waals surface area (Å²) < 4.78 is 11.5. The number of likely N-dealkylation sites (N-methyl/N-ethyl adjacent to an activating group) is 1. The highest BCUT2D eigenvalue weighted by atomic mass is 16.5. The molecule has 120 valence electrons. The van der Waals surface area contributed by atoms with Crippen molar-refractivity contribution in [3.8, 4) is 0 Å². The third-order valence-corrected chi connectivity index (χ3v) is 4.66. The van der Waals surface area contributed by atoms with Gasteiger partial charge in [0.05, 0.1) is 19.3 Å². The Labute approximate surface area is 132 Å². The Balaban J connectivity index is 1.53. The van der Waals surface area contributed by atoms with Gasteiger partial charge in [0, 0.05) is 20.1 Å². The molecule has 1 aromatic carbocycles. The Bertz CT molecular complexity index is 511. The van der Waals surface area contributed by atoms with Crippen LogP contribution in [0.3, 0.4) is 0 Å². The van der Waals surface area contributed by atoms with Crippen molar-refractivity contribution in [2.24, 2.45) is 0 Å². The van der Waals surface area contributed by atoms with Crippen LogP contribution in [0, 0.1) is 0 Å². The lowest BCUT2D eigenvalue weighted by molar-refractivity contribution is -0.132. The smallest absolute Gasteiger partial charge is 0.222 e. The molecule has 0 bridgehead atoms. The van der Waals surface area contributed by atoms with Crippen molar-refractivity contribution in [2.45, 2.75) is 44.3 Å². The van der Waals surface area contributed by atoms with E-state index in [2.05, 4.69) is 18.2 Å². The number of benzene rings is 1. The van der Waals surface area contributed by atoms with Crippen LogP contribution in [0.15, 0.2) is 24.3 Å². The summed E-state index contributed by atoms with van der Waals surface area (Å²) in [5.74, 6) is 0.183. The van der Waals surface area contributed by atoms with E-state index in [0.717, 1.165) is 38.9 Å². The second kappa shape index (κ2) is 7.25. The summed E-state index contributed by atoms with van der Waals surface area (Å²) in [6.07, 6.45) is 4.87. The molecule has 0 aromatic heterocycles. The average Bonchev–Trinajstić information content (AvgIpc) is 3.06. The fourth-order valence-corrected chi connectivity index (χ4v) is 3.33. The average molecular weight is 303 g/mol. The van der Waals surface area contributed by atoms with Crippen LogP contribution in [0.4, 0.5) is 0 Å². The quantitative estimate of drug-likeness (QED) is 0.839. The van der Waals surface area contributed by atoms with Gasteiger partial charge in [-0.05, 0) is 36.8 Å². The second-order valence-electron chi connectivity index (χ2n) is 6.26. The number of hydrogen-bond donors (Lipinski definition) is 0. The zero-order chi connectivity index (χ0) is 15.4. The molecule has 2 heterocycles. The number of carbonyl (C=O) groups is 1. The van der Waals surface area contributed by atoms with Crippen molar-refractivity contribution in [1.82, 2.24) is 4.90 Å². The first-order valence-corrected chi connectivity index (χ1v) is 8.29. The van der Waals surface area contributed by atoms with Crippen molar-refractivity contribution in [2.75, 3.05) is 26.8 Å². The van der Waals surface area contributed by atoms with Gasteiger partial charge in [0.25, 0.3) is 0 Å². The monoisotopic (exact) mass is 303 g/mol. The zero-order valence-corrected chi connectivity index (χ0v) is 13.3. The second-order valence-corrected chi connectivity index (χ2v) is 6.26. The van der Waals surface area contributed by atoms with Gasteiger partial charge in [-0.2, -0.15) is 0 Å². The Morgan fingerprint density at radius 2 is 2.14 bits per heavy atom. The van der Waals surface area contributed by atoms with Crippen molar-refractivity contribution < 1.29 is 14.3 Å². The number of fused-ring (bicyclic) bond motifs is 1. The van der Waals surface area contributed by atoms with Crippen LogP contribution in [0.2, 0.25) is 0 Å². The lowest BCUT2D eigenvalue weighted by Crippen LogP contribution is -2.34. The van der Waals surface area contributed by atoms with Gasteiger partial charge < -0.3 is 14.4 Å². The van der Waals surface area contributed by atoms with Crippen LogP contribution in [-0.4, -0.2) is 43.7 Å². The highest BCUT2D eigenvalue weighted by Crippen LogP contribution is 2.27. The van der Waals surface area contributed by atoms with Gasteiger partial charge in [-0.15, -0.1) is 0 Å². The molecular formula is C18H25NO3. The summed E-state index contributed by atoms with van der Waals surface area (Å²) >= 11 is 0. The Hall–Kier alpha value is -1.39. The van der Waals surface area contributed by atoms with Gasteiger partial charge in [-0.3, -0.25) is 4.79 Å². The van der Waals surface area contributed by atoms with E-state index in [1.807, 2.05) is 18.0 Å². The molecule has 2 aliphatic heterocycles. The molecule has 0 saturated carbocycles. The van der Waals surface area contributed by atoms with Crippen LogP contribution in [0.25, 0.3) is 0 Å². The molecule has 4 heteroatoms. The minimum Gasteiger partial charge on any atom is -0.378 e. The maximum atomic E-state index is 12.3. The molecule has 0 N–H and O–H groups in total. The van der Waals surface area contributed by atoms with Gasteiger partial charge in [0.15, 0.2) is 0 Å². The Kier molecular flexibility index (Phi) is 5.11. The molecule has 1 saturated heterocycles. The molecule has 1 fully saturated rings.